The molecule has 1 fully saturated rings. The summed E-state index contributed by atoms with van der Waals surface area (Å²) >= 11 is 0. The van der Waals surface area contributed by atoms with Gasteiger partial charge in [-0.15, -0.1) is 0 Å². The Bertz CT molecular complexity index is 934. The SMILES string of the molecule is OC(COCc1ccco1)CN(Cc1cccn1Cc1cccc(F)c1)C1CCCCC1. The van der Waals surface area contributed by atoms with Crippen LogP contribution < -0.4 is 0 Å². The van der Waals surface area contributed by atoms with E-state index in [4.69, 9.17) is 9.15 Å². The smallest absolute Gasteiger partial charge is 0.129 e. The van der Waals surface area contributed by atoms with Crippen LogP contribution in [0.2, 0.25) is 0 Å². The number of rotatable bonds is 11. The minimum absolute atomic E-state index is 0.210. The first kappa shape index (κ1) is 22.8. The fraction of sp³-hybridized carbons (Fsp3) is 0.462. The average molecular weight is 441 g/mol. The molecular formula is C26H33FN2O3. The van der Waals surface area contributed by atoms with E-state index >= 15 is 0 Å². The first-order valence-electron chi connectivity index (χ1n) is 11.6. The van der Waals surface area contributed by atoms with E-state index in [2.05, 4.69) is 15.5 Å². The Hall–Kier alpha value is -2.41. The van der Waals surface area contributed by atoms with Crippen LogP contribution in [0.3, 0.4) is 0 Å². The van der Waals surface area contributed by atoms with Crippen LogP contribution in [0.4, 0.5) is 4.39 Å². The van der Waals surface area contributed by atoms with Crippen molar-refractivity contribution in [2.75, 3.05) is 13.2 Å². The van der Waals surface area contributed by atoms with Gasteiger partial charge in [-0.2, -0.15) is 0 Å². The lowest BCUT2D eigenvalue weighted by Gasteiger charge is -2.35. The van der Waals surface area contributed by atoms with Gasteiger partial charge in [-0.05, 0) is 54.8 Å². The standard InChI is InChI=1S/C26H33FN2O3/c27-22-8-4-7-21(15-22)16-28-13-5-11-24(28)17-29(23-9-2-1-3-10-23)18-25(30)19-31-20-26-12-6-14-32-26/h4-8,11-15,23,25,30H,1-3,9-10,16-20H2. The molecular weight excluding hydrogens is 407 g/mol. The number of nitrogens with zero attached hydrogens (tertiary/aromatic N) is 2. The Kier molecular flexibility index (Phi) is 8.15. The largest absolute Gasteiger partial charge is 0.467 e. The summed E-state index contributed by atoms with van der Waals surface area (Å²) in [5.74, 6) is 0.550. The predicted octanol–water partition coefficient (Wildman–Crippen LogP) is 4.98. The first-order valence-corrected chi connectivity index (χ1v) is 11.6. The van der Waals surface area contributed by atoms with Crippen LogP contribution in [0.15, 0.2) is 65.4 Å². The molecule has 32 heavy (non-hydrogen) atoms. The fourth-order valence-corrected chi connectivity index (χ4v) is 4.59. The molecule has 3 aromatic rings. The molecule has 5 nitrogen and oxygen atoms in total. The van der Waals surface area contributed by atoms with E-state index in [9.17, 15) is 9.50 Å². The molecule has 1 aliphatic carbocycles. The summed E-state index contributed by atoms with van der Waals surface area (Å²) in [4.78, 5) is 2.40. The van der Waals surface area contributed by atoms with Crippen molar-refractivity contribution in [3.63, 3.8) is 0 Å². The molecule has 1 aromatic carbocycles. The van der Waals surface area contributed by atoms with Crippen molar-refractivity contribution in [2.24, 2.45) is 0 Å². The van der Waals surface area contributed by atoms with Crippen molar-refractivity contribution >= 4 is 0 Å². The summed E-state index contributed by atoms with van der Waals surface area (Å²) in [6, 6.07) is 15.1. The van der Waals surface area contributed by atoms with E-state index in [1.165, 1.54) is 31.0 Å². The number of furan rings is 1. The molecule has 2 heterocycles. The Labute approximate surface area is 189 Å². The minimum Gasteiger partial charge on any atom is -0.467 e. The molecule has 4 rings (SSSR count). The second-order valence-corrected chi connectivity index (χ2v) is 8.73. The van der Waals surface area contributed by atoms with Crippen LogP contribution in [0.5, 0.6) is 0 Å². The molecule has 0 radical (unpaired) electrons. The number of ether oxygens (including phenoxy) is 1. The summed E-state index contributed by atoms with van der Waals surface area (Å²) in [5, 5.41) is 10.7. The zero-order valence-electron chi connectivity index (χ0n) is 18.5. The molecule has 1 aliphatic rings. The van der Waals surface area contributed by atoms with Crippen LogP contribution >= 0.6 is 0 Å². The molecule has 0 spiro atoms. The van der Waals surface area contributed by atoms with E-state index in [1.807, 2.05) is 30.5 Å². The van der Waals surface area contributed by atoms with Crippen LogP contribution in [-0.2, 0) is 24.4 Å². The second-order valence-electron chi connectivity index (χ2n) is 8.73. The maximum atomic E-state index is 13.6. The van der Waals surface area contributed by atoms with Gasteiger partial charge in [-0.25, -0.2) is 4.39 Å². The molecule has 1 unspecified atom stereocenters. The number of benzene rings is 1. The molecule has 0 aliphatic heterocycles. The molecule has 1 atom stereocenters. The van der Waals surface area contributed by atoms with Crippen molar-refractivity contribution in [3.8, 4) is 0 Å². The predicted molar refractivity (Wildman–Crippen MR) is 122 cm³/mol. The van der Waals surface area contributed by atoms with Gasteiger partial charge >= 0.3 is 0 Å². The number of aromatic nitrogens is 1. The van der Waals surface area contributed by atoms with Crippen LogP contribution in [0.1, 0.15) is 49.1 Å². The normalized spacial score (nSPS) is 16.0. The summed E-state index contributed by atoms with van der Waals surface area (Å²) in [5.41, 5.74) is 2.11. The van der Waals surface area contributed by atoms with Gasteiger partial charge in [0, 0.05) is 37.6 Å². The Morgan fingerprint density at radius 3 is 2.78 bits per heavy atom. The van der Waals surface area contributed by atoms with E-state index in [-0.39, 0.29) is 12.4 Å². The summed E-state index contributed by atoms with van der Waals surface area (Å²) < 4.78 is 26.7. The molecule has 2 aromatic heterocycles. The van der Waals surface area contributed by atoms with Crippen molar-refractivity contribution < 1.29 is 18.7 Å². The lowest BCUT2D eigenvalue weighted by Crippen LogP contribution is -2.42. The lowest BCUT2D eigenvalue weighted by molar-refractivity contribution is -0.00758. The second kappa shape index (κ2) is 11.5. The third-order valence-corrected chi connectivity index (χ3v) is 6.20. The van der Waals surface area contributed by atoms with Gasteiger partial charge in [0.2, 0.25) is 0 Å². The fourth-order valence-electron chi connectivity index (χ4n) is 4.59. The van der Waals surface area contributed by atoms with Crippen LogP contribution in [0, 0.1) is 5.82 Å². The number of aliphatic hydroxyl groups excluding tert-OH is 1. The van der Waals surface area contributed by atoms with Gasteiger partial charge in [0.15, 0.2) is 0 Å². The highest BCUT2D eigenvalue weighted by Crippen LogP contribution is 2.25. The third-order valence-electron chi connectivity index (χ3n) is 6.20. The highest BCUT2D eigenvalue weighted by molar-refractivity contribution is 5.19. The van der Waals surface area contributed by atoms with Crippen molar-refractivity contribution in [1.82, 2.24) is 9.47 Å². The van der Waals surface area contributed by atoms with E-state index in [0.717, 1.165) is 30.7 Å². The molecule has 0 saturated heterocycles. The van der Waals surface area contributed by atoms with E-state index in [1.54, 1.807) is 18.4 Å². The van der Waals surface area contributed by atoms with Crippen LogP contribution in [-0.4, -0.2) is 39.9 Å². The molecule has 0 amide bonds. The Morgan fingerprint density at radius 1 is 1.12 bits per heavy atom. The monoisotopic (exact) mass is 440 g/mol. The van der Waals surface area contributed by atoms with Crippen LogP contribution in [0.25, 0.3) is 0 Å². The first-order chi connectivity index (χ1) is 15.7. The van der Waals surface area contributed by atoms with Gasteiger partial charge in [0.05, 0.1) is 19.0 Å². The molecule has 172 valence electrons. The Morgan fingerprint density at radius 2 is 2.00 bits per heavy atom. The lowest BCUT2D eigenvalue weighted by atomic mass is 9.94. The molecule has 1 saturated carbocycles. The maximum Gasteiger partial charge on any atom is 0.129 e. The molecule has 0 bridgehead atoms. The Balaban J connectivity index is 1.39. The van der Waals surface area contributed by atoms with Gasteiger partial charge in [-0.3, -0.25) is 4.90 Å². The van der Waals surface area contributed by atoms with Crippen molar-refractivity contribution in [3.05, 3.63) is 83.8 Å². The molecule has 1 N–H and O–H groups in total. The zero-order chi connectivity index (χ0) is 22.2. The van der Waals surface area contributed by atoms with Crippen molar-refractivity contribution in [1.29, 1.82) is 0 Å². The zero-order valence-corrected chi connectivity index (χ0v) is 18.5. The van der Waals surface area contributed by atoms with Gasteiger partial charge in [0.1, 0.15) is 18.2 Å². The summed E-state index contributed by atoms with van der Waals surface area (Å²) in [7, 11) is 0. The van der Waals surface area contributed by atoms with Gasteiger partial charge in [0.25, 0.3) is 0 Å². The van der Waals surface area contributed by atoms with Gasteiger partial charge < -0.3 is 18.8 Å². The summed E-state index contributed by atoms with van der Waals surface area (Å²) in [6.07, 6.45) is 9.16. The highest BCUT2D eigenvalue weighted by Gasteiger charge is 2.24. The third kappa shape index (κ3) is 6.55. The quantitative estimate of drug-likeness (QED) is 0.457. The summed E-state index contributed by atoms with van der Waals surface area (Å²) in [6.45, 7) is 2.59. The maximum absolute atomic E-state index is 13.6. The number of aliphatic hydroxyl groups is 1. The minimum atomic E-state index is -0.571. The van der Waals surface area contributed by atoms with Gasteiger partial charge in [-0.1, -0.05) is 31.4 Å². The van der Waals surface area contributed by atoms with Crippen molar-refractivity contribution in [2.45, 2.75) is 63.9 Å². The average Bonchev–Trinajstić information content (AvgIpc) is 3.46. The number of hydrogen-bond donors (Lipinski definition) is 1. The number of hydrogen-bond acceptors (Lipinski definition) is 4. The molecule has 6 heteroatoms. The number of halogens is 1. The highest BCUT2D eigenvalue weighted by atomic mass is 19.1. The topological polar surface area (TPSA) is 50.8 Å². The van der Waals surface area contributed by atoms with E-state index < -0.39 is 6.10 Å². The van der Waals surface area contributed by atoms with E-state index in [0.29, 0.717) is 25.7 Å².